The molecule has 0 aromatic carbocycles. The van der Waals surface area contributed by atoms with Crippen molar-refractivity contribution in [2.75, 3.05) is 27.4 Å². The van der Waals surface area contributed by atoms with Crippen LogP contribution in [0.2, 0.25) is 18.1 Å². The first-order valence-electron chi connectivity index (χ1n) is 12.0. The van der Waals surface area contributed by atoms with E-state index < -0.39 is 8.32 Å². The van der Waals surface area contributed by atoms with Crippen LogP contribution < -0.4 is 0 Å². The molecule has 180 valence electrons. The molecule has 0 heterocycles. The summed E-state index contributed by atoms with van der Waals surface area (Å²) in [6.45, 7) is 15.1. The van der Waals surface area contributed by atoms with Crippen LogP contribution in [0.1, 0.15) is 66.2 Å². The highest BCUT2D eigenvalue weighted by atomic mass is 28.4. The number of rotatable bonds is 11. The molecule has 0 spiro atoms. The third kappa shape index (κ3) is 7.14. The molecule has 0 aromatic rings. The number of fused-ring (bicyclic) bond motifs is 1. The van der Waals surface area contributed by atoms with E-state index >= 15 is 0 Å². The summed E-state index contributed by atoms with van der Waals surface area (Å²) in [5, 5.41) is 0.213. The van der Waals surface area contributed by atoms with Crippen LogP contribution in [-0.4, -0.2) is 53.9 Å². The third-order valence-electron chi connectivity index (χ3n) is 7.74. The van der Waals surface area contributed by atoms with Gasteiger partial charge in [0.2, 0.25) is 0 Å². The number of hydrogen-bond donors (Lipinski definition) is 0. The van der Waals surface area contributed by atoms with Gasteiger partial charge in [-0.05, 0) is 69.0 Å². The molecule has 31 heavy (non-hydrogen) atoms. The highest BCUT2D eigenvalue weighted by molar-refractivity contribution is 6.74. The summed E-state index contributed by atoms with van der Waals surface area (Å²) in [7, 11) is 1.39. The second-order valence-corrected chi connectivity index (χ2v) is 15.8. The Morgan fingerprint density at radius 1 is 1.26 bits per heavy atom. The maximum absolute atomic E-state index is 11.4. The Bertz CT molecular complexity index is 610. The van der Waals surface area contributed by atoms with Crippen LogP contribution in [0.5, 0.6) is 0 Å². The molecular weight excluding hydrogens is 408 g/mol. The van der Waals surface area contributed by atoms with Crippen LogP contribution in [0.3, 0.4) is 0 Å². The standard InChI is InChI=1S/C25H46O5Si/c1-18(16-27-5)30-23-15-21-19(11-9-10-12-24(26)28-6)13-14-20(21)22(23)17-29-31(7,8)25(2,3)4/h11,18,20-23H,9-10,12-17H2,1-8H3. The van der Waals surface area contributed by atoms with Crippen molar-refractivity contribution >= 4 is 14.3 Å². The smallest absolute Gasteiger partial charge is 0.305 e. The van der Waals surface area contributed by atoms with E-state index in [1.165, 1.54) is 20.0 Å². The van der Waals surface area contributed by atoms with Crippen molar-refractivity contribution in [3.05, 3.63) is 11.6 Å². The Labute approximate surface area is 191 Å². The van der Waals surface area contributed by atoms with E-state index in [1.54, 1.807) is 12.7 Å². The molecule has 2 aliphatic rings. The lowest BCUT2D eigenvalue weighted by Crippen LogP contribution is -2.43. The zero-order chi connectivity index (χ0) is 23.2. The van der Waals surface area contributed by atoms with Crippen molar-refractivity contribution in [3.63, 3.8) is 0 Å². The maximum atomic E-state index is 11.4. The molecule has 5 atom stereocenters. The summed E-state index contributed by atoms with van der Waals surface area (Å²) in [6, 6.07) is 0. The third-order valence-corrected chi connectivity index (χ3v) is 12.2. The van der Waals surface area contributed by atoms with Gasteiger partial charge in [-0.3, -0.25) is 4.79 Å². The van der Waals surface area contributed by atoms with Gasteiger partial charge in [-0.15, -0.1) is 0 Å². The van der Waals surface area contributed by atoms with Crippen LogP contribution >= 0.6 is 0 Å². The second-order valence-electron chi connectivity index (χ2n) is 11.0. The number of allylic oxidation sites excluding steroid dienone is 2. The van der Waals surface area contributed by atoms with Crippen LogP contribution in [0.25, 0.3) is 0 Å². The summed E-state index contributed by atoms with van der Waals surface area (Å²) in [4.78, 5) is 11.4. The molecular formula is C25H46O5Si. The number of hydrogen-bond acceptors (Lipinski definition) is 5. The lowest BCUT2D eigenvalue weighted by Gasteiger charge is -2.38. The molecule has 2 fully saturated rings. The van der Waals surface area contributed by atoms with Crippen molar-refractivity contribution in [2.45, 2.75) is 96.6 Å². The van der Waals surface area contributed by atoms with Crippen LogP contribution in [0, 0.1) is 17.8 Å². The molecule has 0 bridgehead atoms. The summed E-state index contributed by atoms with van der Waals surface area (Å²) in [5.74, 6) is 1.55. The highest BCUT2D eigenvalue weighted by Crippen LogP contribution is 2.52. The van der Waals surface area contributed by atoms with E-state index in [0.29, 0.717) is 30.8 Å². The van der Waals surface area contributed by atoms with Crippen molar-refractivity contribution in [1.29, 1.82) is 0 Å². The molecule has 2 saturated carbocycles. The van der Waals surface area contributed by atoms with Gasteiger partial charge in [0.25, 0.3) is 0 Å². The van der Waals surface area contributed by atoms with Gasteiger partial charge in [0.05, 0.1) is 25.9 Å². The van der Waals surface area contributed by atoms with Gasteiger partial charge in [0.15, 0.2) is 8.32 Å². The van der Waals surface area contributed by atoms with Gasteiger partial charge < -0.3 is 18.6 Å². The number of ether oxygens (including phenoxy) is 3. The number of unbranched alkanes of at least 4 members (excludes halogenated alkanes) is 1. The lowest BCUT2D eigenvalue weighted by atomic mass is 9.91. The molecule has 0 saturated heterocycles. The van der Waals surface area contributed by atoms with Gasteiger partial charge >= 0.3 is 5.97 Å². The molecule has 0 aromatic heterocycles. The number of esters is 1. The fraction of sp³-hybridized carbons (Fsp3) is 0.880. The number of methoxy groups -OCH3 is 2. The van der Waals surface area contributed by atoms with Gasteiger partial charge in [-0.1, -0.05) is 32.4 Å². The molecule has 2 rings (SSSR count). The minimum absolute atomic E-state index is 0.0942. The van der Waals surface area contributed by atoms with Crippen LogP contribution in [0.15, 0.2) is 11.6 Å². The van der Waals surface area contributed by atoms with E-state index in [-0.39, 0.29) is 23.2 Å². The highest BCUT2D eigenvalue weighted by Gasteiger charge is 2.49. The molecule has 5 nitrogen and oxygen atoms in total. The molecule has 0 N–H and O–H groups in total. The van der Waals surface area contributed by atoms with Crippen LogP contribution in [0.4, 0.5) is 0 Å². The minimum Gasteiger partial charge on any atom is -0.469 e. The zero-order valence-corrected chi connectivity index (χ0v) is 22.2. The van der Waals surface area contributed by atoms with E-state index in [1.807, 2.05) is 0 Å². The molecule has 0 amide bonds. The Morgan fingerprint density at radius 3 is 2.58 bits per heavy atom. The van der Waals surface area contributed by atoms with Crippen LogP contribution in [-0.2, 0) is 23.4 Å². The summed E-state index contributed by atoms with van der Waals surface area (Å²) < 4.78 is 23.3. The van der Waals surface area contributed by atoms with Gasteiger partial charge in [0, 0.05) is 26.1 Å². The SMILES string of the molecule is COCC(C)OC1CC2C(=CCCCC(=O)OC)CCC2C1CO[Si](C)(C)C(C)(C)C. The average molecular weight is 455 g/mol. The van der Waals surface area contributed by atoms with E-state index in [0.717, 1.165) is 25.9 Å². The van der Waals surface area contributed by atoms with Crippen molar-refractivity contribution in [2.24, 2.45) is 17.8 Å². The van der Waals surface area contributed by atoms with Crippen molar-refractivity contribution in [3.8, 4) is 0 Å². The molecule has 0 radical (unpaired) electrons. The maximum Gasteiger partial charge on any atom is 0.305 e. The molecule has 2 aliphatic carbocycles. The zero-order valence-electron chi connectivity index (χ0n) is 21.2. The van der Waals surface area contributed by atoms with Gasteiger partial charge in [0.1, 0.15) is 0 Å². The Kier molecular flexibility index (Phi) is 9.80. The summed E-state index contributed by atoms with van der Waals surface area (Å²) in [6.07, 6.45) is 8.48. The Morgan fingerprint density at radius 2 is 1.97 bits per heavy atom. The molecule has 5 unspecified atom stereocenters. The van der Waals surface area contributed by atoms with E-state index in [2.05, 4.69) is 46.9 Å². The average Bonchev–Trinajstić information content (AvgIpc) is 3.21. The lowest BCUT2D eigenvalue weighted by molar-refractivity contribution is -0.140. The first kappa shape index (κ1) is 26.6. The first-order valence-corrected chi connectivity index (χ1v) is 14.9. The first-order chi connectivity index (χ1) is 14.5. The minimum atomic E-state index is -1.80. The predicted octanol–water partition coefficient (Wildman–Crippen LogP) is 5.74. The molecule has 6 heteroatoms. The summed E-state index contributed by atoms with van der Waals surface area (Å²) in [5.41, 5.74) is 1.57. The van der Waals surface area contributed by atoms with E-state index in [4.69, 9.17) is 18.6 Å². The van der Waals surface area contributed by atoms with Gasteiger partial charge in [-0.2, -0.15) is 0 Å². The molecule has 0 aliphatic heterocycles. The van der Waals surface area contributed by atoms with Gasteiger partial charge in [-0.25, -0.2) is 0 Å². The monoisotopic (exact) mass is 454 g/mol. The Hall–Kier alpha value is -0.693. The topological polar surface area (TPSA) is 54.0 Å². The second kappa shape index (κ2) is 11.4. The van der Waals surface area contributed by atoms with E-state index in [9.17, 15) is 4.79 Å². The number of carbonyl (C=O) groups is 1. The van der Waals surface area contributed by atoms with Crippen molar-refractivity contribution < 1.29 is 23.4 Å². The Balaban J connectivity index is 2.06. The predicted molar refractivity (Wildman–Crippen MR) is 128 cm³/mol. The van der Waals surface area contributed by atoms with Crippen molar-refractivity contribution in [1.82, 2.24) is 0 Å². The fourth-order valence-corrected chi connectivity index (χ4v) is 5.95. The number of carbonyl (C=O) groups excluding carboxylic acids is 1. The largest absolute Gasteiger partial charge is 0.469 e. The fourth-order valence-electron chi connectivity index (χ4n) is 4.90. The summed E-state index contributed by atoms with van der Waals surface area (Å²) >= 11 is 0. The quantitative estimate of drug-likeness (QED) is 0.172. The normalized spacial score (nSPS) is 28.7.